The first-order valence-electron chi connectivity index (χ1n) is 8.24. The summed E-state index contributed by atoms with van der Waals surface area (Å²) in [4.78, 5) is 24.0. The van der Waals surface area contributed by atoms with Gasteiger partial charge in [-0.2, -0.15) is 0 Å². The average Bonchev–Trinajstić information content (AvgIpc) is 3.26. The van der Waals surface area contributed by atoms with Gasteiger partial charge < -0.3 is 25.1 Å². The summed E-state index contributed by atoms with van der Waals surface area (Å²) in [7, 11) is 0. The number of aryl methyl sites for hydroxylation is 1. The molecule has 3 N–H and O–H groups in total. The maximum atomic E-state index is 12.1. The van der Waals surface area contributed by atoms with Crippen molar-refractivity contribution in [1.29, 1.82) is 0 Å². The lowest BCUT2D eigenvalue weighted by Crippen LogP contribution is -2.35. The smallest absolute Gasteiger partial charge is 0.319 e. The fourth-order valence-electron chi connectivity index (χ4n) is 2.64. The van der Waals surface area contributed by atoms with Crippen LogP contribution in [0.2, 0.25) is 0 Å². The molecule has 0 radical (unpaired) electrons. The minimum atomic E-state index is -0.277. The number of furan rings is 1. The van der Waals surface area contributed by atoms with Gasteiger partial charge in [0.1, 0.15) is 5.76 Å². The van der Waals surface area contributed by atoms with Crippen LogP contribution in [0.15, 0.2) is 41.0 Å². The van der Waals surface area contributed by atoms with Gasteiger partial charge in [0.05, 0.1) is 17.9 Å². The molecule has 3 rings (SSSR count). The largest absolute Gasteiger partial charge is 0.469 e. The van der Waals surface area contributed by atoms with Crippen LogP contribution in [0.3, 0.4) is 0 Å². The number of urea groups is 1. The molecular weight excluding hydrogens is 322 g/mol. The number of hydrogen-bond acceptors (Lipinski definition) is 4. The Morgan fingerprint density at radius 2 is 1.84 bits per heavy atom. The normalized spacial score (nSPS) is 16.4. The van der Waals surface area contributed by atoms with Crippen LogP contribution in [0.4, 0.5) is 16.2 Å². The number of hydrogen-bond donors (Lipinski definition) is 3. The Hall–Kier alpha value is -2.80. The third-order valence-electron chi connectivity index (χ3n) is 4.02. The molecule has 132 valence electrons. The number of rotatable bonds is 5. The molecular formula is C18H21N3O4. The SMILES string of the molecule is Cc1occc1C(=O)Nc1ccc(NC(=O)NC[C@@H]2CCCO2)cc1. The van der Waals surface area contributed by atoms with Crippen molar-refractivity contribution in [2.75, 3.05) is 23.8 Å². The third-order valence-corrected chi connectivity index (χ3v) is 4.02. The fourth-order valence-corrected chi connectivity index (χ4v) is 2.64. The van der Waals surface area contributed by atoms with E-state index in [-0.39, 0.29) is 18.0 Å². The van der Waals surface area contributed by atoms with E-state index in [2.05, 4.69) is 16.0 Å². The van der Waals surface area contributed by atoms with E-state index in [1.165, 1.54) is 6.26 Å². The number of nitrogens with one attached hydrogen (secondary N) is 3. The minimum Gasteiger partial charge on any atom is -0.469 e. The van der Waals surface area contributed by atoms with Crippen molar-refractivity contribution in [3.63, 3.8) is 0 Å². The number of benzene rings is 1. The highest BCUT2D eigenvalue weighted by atomic mass is 16.5. The van der Waals surface area contributed by atoms with Gasteiger partial charge in [0, 0.05) is 24.5 Å². The van der Waals surface area contributed by atoms with E-state index in [1.807, 2.05) is 0 Å². The Kier molecular flexibility index (Phi) is 5.35. The van der Waals surface area contributed by atoms with Gasteiger partial charge in [-0.25, -0.2) is 4.79 Å². The molecule has 1 aliphatic rings. The van der Waals surface area contributed by atoms with E-state index >= 15 is 0 Å². The summed E-state index contributed by atoms with van der Waals surface area (Å²) in [5.74, 6) is 0.333. The van der Waals surface area contributed by atoms with Crippen molar-refractivity contribution in [1.82, 2.24) is 5.32 Å². The first-order chi connectivity index (χ1) is 12.1. The van der Waals surface area contributed by atoms with Gasteiger partial charge in [0.2, 0.25) is 0 Å². The first-order valence-corrected chi connectivity index (χ1v) is 8.24. The number of carbonyl (C=O) groups excluding carboxylic acids is 2. The maximum Gasteiger partial charge on any atom is 0.319 e. The van der Waals surface area contributed by atoms with Crippen LogP contribution < -0.4 is 16.0 Å². The van der Waals surface area contributed by atoms with Gasteiger partial charge >= 0.3 is 6.03 Å². The quantitative estimate of drug-likeness (QED) is 0.777. The molecule has 0 unspecified atom stereocenters. The van der Waals surface area contributed by atoms with Crippen LogP contribution in [0.1, 0.15) is 29.0 Å². The molecule has 2 heterocycles. The summed E-state index contributed by atoms with van der Waals surface area (Å²) >= 11 is 0. The zero-order valence-electron chi connectivity index (χ0n) is 14.0. The lowest BCUT2D eigenvalue weighted by Gasteiger charge is -2.12. The van der Waals surface area contributed by atoms with Crippen molar-refractivity contribution in [3.05, 3.63) is 47.9 Å². The van der Waals surface area contributed by atoms with Crippen LogP contribution in [-0.2, 0) is 4.74 Å². The van der Waals surface area contributed by atoms with Crippen LogP contribution in [0, 0.1) is 6.92 Å². The average molecular weight is 343 g/mol. The predicted molar refractivity (Wildman–Crippen MR) is 93.8 cm³/mol. The molecule has 1 saturated heterocycles. The molecule has 0 saturated carbocycles. The summed E-state index contributed by atoms with van der Waals surface area (Å²) in [6, 6.07) is 8.25. The number of carbonyl (C=O) groups is 2. The topological polar surface area (TPSA) is 92.6 Å². The highest BCUT2D eigenvalue weighted by molar-refractivity contribution is 6.05. The molecule has 1 aliphatic heterocycles. The Labute approximate surface area is 145 Å². The molecule has 0 bridgehead atoms. The molecule has 7 nitrogen and oxygen atoms in total. The molecule has 0 aliphatic carbocycles. The van der Waals surface area contributed by atoms with Gasteiger partial charge in [-0.1, -0.05) is 0 Å². The monoisotopic (exact) mass is 343 g/mol. The highest BCUT2D eigenvalue weighted by Crippen LogP contribution is 2.16. The van der Waals surface area contributed by atoms with Crippen molar-refractivity contribution < 1.29 is 18.7 Å². The Morgan fingerprint density at radius 1 is 1.12 bits per heavy atom. The molecule has 1 fully saturated rings. The first kappa shape index (κ1) is 17.0. The number of ether oxygens (including phenoxy) is 1. The van der Waals surface area contributed by atoms with Gasteiger partial charge in [0.15, 0.2) is 0 Å². The van der Waals surface area contributed by atoms with Crippen molar-refractivity contribution in [2.24, 2.45) is 0 Å². The Bertz CT molecular complexity index is 733. The van der Waals surface area contributed by atoms with E-state index in [4.69, 9.17) is 9.15 Å². The number of amides is 3. The van der Waals surface area contributed by atoms with Gasteiger partial charge in [-0.15, -0.1) is 0 Å². The summed E-state index contributed by atoms with van der Waals surface area (Å²) in [5, 5.41) is 8.32. The molecule has 2 aromatic rings. The van der Waals surface area contributed by atoms with Crippen molar-refractivity contribution >= 4 is 23.3 Å². The Balaban J connectivity index is 1.49. The predicted octanol–water partition coefficient (Wildman–Crippen LogP) is 3.14. The van der Waals surface area contributed by atoms with Crippen LogP contribution in [-0.4, -0.2) is 31.2 Å². The Morgan fingerprint density at radius 3 is 2.44 bits per heavy atom. The van der Waals surface area contributed by atoms with E-state index in [0.29, 0.717) is 29.2 Å². The maximum absolute atomic E-state index is 12.1. The zero-order chi connectivity index (χ0) is 17.6. The molecule has 0 spiro atoms. The second-order valence-electron chi connectivity index (χ2n) is 5.89. The van der Waals surface area contributed by atoms with Crippen molar-refractivity contribution in [3.8, 4) is 0 Å². The second-order valence-corrected chi connectivity index (χ2v) is 5.89. The fraction of sp³-hybridized carbons (Fsp3) is 0.333. The molecule has 1 aromatic carbocycles. The minimum absolute atomic E-state index is 0.106. The van der Waals surface area contributed by atoms with E-state index in [1.54, 1.807) is 37.3 Å². The highest BCUT2D eigenvalue weighted by Gasteiger charge is 2.16. The standard InChI is InChI=1S/C18H21N3O4/c1-12-16(8-10-24-12)17(22)20-13-4-6-14(7-5-13)21-18(23)19-11-15-3-2-9-25-15/h4-8,10,15H,2-3,9,11H2,1H3,(H,20,22)(H2,19,21,23)/t15-/m0/s1. The van der Waals surface area contributed by atoms with E-state index in [0.717, 1.165) is 19.4 Å². The van der Waals surface area contributed by atoms with Crippen LogP contribution >= 0.6 is 0 Å². The third kappa shape index (κ3) is 4.60. The summed E-state index contributed by atoms with van der Waals surface area (Å²) in [6.45, 7) is 3.00. The van der Waals surface area contributed by atoms with Crippen LogP contribution in [0.25, 0.3) is 0 Å². The van der Waals surface area contributed by atoms with E-state index in [9.17, 15) is 9.59 Å². The van der Waals surface area contributed by atoms with Gasteiger partial charge in [-0.05, 0) is 50.1 Å². The lowest BCUT2D eigenvalue weighted by atomic mass is 10.2. The molecule has 25 heavy (non-hydrogen) atoms. The number of anilines is 2. The van der Waals surface area contributed by atoms with Gasteiger partial charge in [-0.3, -0.25) is 4.79 Å². The molecule has 7 heteroatoms. The van der Waals surface area contributed by atoms with Crippen LogP contribution in [0.5, 0.6) is 0 Å². The van der Waals surface area contributed by atoms with Gasteiger partial charge in [0.25, 0.3) is 5.91 Å². The zero-order valence-corrected chi connectivity index (χ0v) is 14.0. The van der Waals surface area contributed by atoms with E-state index < -0.39 is 0 Å². The molecule has 1 aromatic heterocycles. The lowest BCUT2D eigenvalue weighted by molar-refractivity contribution is 0.102. The molecule has 1 atom stereocenters. The summed E-state index contributed by atoms with van der Waals surface area (Å²) < 4.78 is 10.6. The summed E-state index contributed by atoms with van der Waals surface area (Å²) in [6.07, 6.45) is 3.60. The van der Waals surface area contributed by atoms with Crippen molar-refractivity contribution in [2.45, 2.75) is 25.9 Å². The molecule has 3 amide bonds. The second kappa shape index (κ2) is 7.85. The summed E-state index contributed by atoms with van der Waals surface area (Å²) in [5.41, 5.74) is 1.77.